The topological polar surface area (TPSA) is 79.8 Å². The van der Waals surface area contributed by atoms with Gasteiger partial charge in [-0.25, -0.2) is 4.79 Å². The fraction of sp³-hybridized carbons (Fsp3) is 0.591. The molecule has 0 saturated heterocycles. The van der Waals surface area contributed by atoms with Gasteiger partial charge in [0.25, 0.3) is 5.78 Å². The van der Waals surface area contributed by atoms with E-state index in [0.717, 1.165) is 31.2 Å². The minimum absolute atomic E-state index is 0.0930. The average molecular weight is 368 g/mol. The number of aryl methyl sites for hydroxylation is 1. The largest absolute Gasteiger partial charge is 0.453 e. The molecule has 5 nitrogen and oxygen atoms in total. The predicted molar refractivity (Wildman–Crippen MR) is 102 cm³/mol. The van der Waals surface area contributed by atoms with E-state index in [0.29, 0.717) is 12.3 Å². The van der Waals surface area contributed by atoms with Gasteiger partial charge in [0.05, 0.1) is 0 Å². The summed E-state index contributed by atoms with van der Waals surface area (Å²) in [6.45, 7) is 6.62. The summed E-state index contributed by atoms with van der Waals surface area (Å²) in [4.78, 5) is 27.8. The summed E-state index contributed by atoms with van der Waals surface area (Å²) in [5.41, 5.74) is 9.89. The standard InChI is InChI=1S/C22H28N2O3/c1-21(2)16-12-13-22(21,3)18(14-16)27-20(26)19(24-23)17(25)11-7-10-15-8-5-4-6-9-15/h4-6,8-9,16,18H,7,10-14H2,1-3H3/t16-,18+,22-/m0/s1. The molecule has 2 fully saturated rings. The molecule has 1 aromatic rings. The Bertz CT molecular complexity index is 780. The summed E-state index contributed by atoms with van der Waals surface area (Å²) in [6, 6.07) is 9.84. The van der Waals surface area contributed by atoms with E-state index in [9.17, 15) is 15.1 Å². The third-order valence-corrected chi connectivity index (χ3v) is 7.23. The number of nitrogens with zero attached hydrogens (tertiary/aromatic N) is 2. The Morgan fingerprint density at radius 2 is 1.93 bits per heavy atom. The lowest BCUT2D eigenvalue weighted by molar-refractivity contribution is -0.154. The van der Waals surface area contributed by atoms with Crippen LogP contribution in [-0.4, -0.2) is 28.4 Å². The Kier molecular flexibility index (Phi) is 5.34. The Hall–Kier alpha value is -2.26. The van der Waals surface area contributed by atoms with Crippen LogP contribution in [0.2, 0.25) is 0 Å². The number of ketones is 1. The van der Waals surface area contributed by atoms with Crippen molar-refractivity contribution in [3.8, 4) is 0 Å². The average Bonchev–Trinajstić information content (AvgIpc) is 2.97. The van der Waals surface area contributed by atoms with Gasteiger partial charge in [0.1, 0.15) is 6.10 Å². The lowest BCUT2D eigenvalue weighted by Gasteiger charge is -2.38. The molecule has 0 amide bonds. The number of fused-ring (bicyclic) bond motifs is 2. The third-order valence-electron chi connectivity index (χ3n) is 7.23. The van der Waals surface area contributed by atoms with Gasteiger partial charge >= 0.3 is 11.7 Å². The first-order valence-corrected chi connectivity index (χ1v) is 9.80. The minimum Gasteiger partial charge on any atom is -0.453 e. The minimum atomic E-state index is -0.795. The van der Waals surface area contributed by atoms with E-state index in [1.54, 1.807) is 0 Å². The number of hydrogen-bond acceptors (Lipinski definition) is 3. The van der Waals surface area contributed by atoms with Crippen LogP contribution in [0.4, 0.5) is 0 Å². The van der Waals surface area contributed by atoms with Crippen molar-refractivity contribution in [2.75, 3.05) is 0 Å². The van der Waals surface area contributed by atoms with Crippen molar-refractivity contribution in [1.82, 2.24) is 0 Å². The van der Waals surface area contributed by atoms with E-state index in [2.05, 4.69) is 25.6 Å². The lowest BCUT2D eigenvalue weighted by atomic mass is 9.70. The predicted octanol–water partition coefficient (Wildman–Crippen LogP) is 4.01. The molecule has 2 saturated carbocycles. The van der Waals surface area contributed by atoms with E-state index >= 15 is 0 Å². The summed E-state index contributed by atoms with van der Waals surface area (Å²) < 4.78 is 5.67. The Morgan fingerprint density at radius 3 is 2.48 bits per heavy atom. The molecule has 2 aliphatic rings. The molecule has 0 heterocycles. The second-order valence-electron chi connectivity index (χ2n) is 8.72. The summed E-state index contributed by atoms with van der Waals surface area (Å²) in [7, 11) is 0. The molecule has 0 unspecified atom stereocenters. The maximum atomic E-state index is 12.5. The van der Waals surface area contributed by atoms with Crippen molar-refractivity contribution in [2.45, 2.75) is 65.4 Å². The molecule has 5 heteroatoms. The van der Waals surface area contributed by atoms with Crippen LogP contribution in [-0.2, 0) is 20.7 Å². The van der Waals surface area contributed by atoms with Crippen LogP contribution >= 0.6 is 0 Å². The molecule has 0 N–H and O–H groups in total. The second kappa shape index (κ2) is 7.40. The maximum Gasteiger partial charge on any atom is 0.441 e. The van der Waals surface area contributed by atoms with Crippen LogP contribution in [0.15, 0.2) is 30.3 Å². The number of carbonyl (C=O) groups is 2. The number of ether oxygens (including phenoxy) is 1. The fourth-order valence-corrected chi connectivity index (χ4v) is 4.92. The smallest absolute Gasteiger partial charge is 0.441 e. The Morgan fingerprint density at radius 1 is 1.22 bits per heavy atom. The summed E-state index contributed by atoms with van der Waals surface area (Å²) in [6.07, 6.45) is 4.22. The highest BCUT2D eigenvalue weighted by Gasteiger charge is 2.63. The number of carbonyl (C=O) groups excluding carboxylic acids is 2. The highest BCUT2D eigenvalue weighted by molar-refractivity contribution is 6.62. The summed E-state index contributed by atoms with van der Waals surface area (Å²) in [5.74, 6) is -0.737. The first-order valence-electron chi connectivity index (χ1n) is 9.80. The van der Waals surface area contributed by atoms with Crippen molar-refractivity contribution in [1.29, 1.82) is 0 Å². The van der Waals surface area contributed by atoms with Crippen LogP contribution in [0.25, 0.3) is 5.53 Å². The second-order valence-corrected chi connectivity index (χ2v) is 8.72. The molecule has 0 spiro atoms. The molecule has 0 aliphatic heterocycles. The monoisotopic (exact) mass is 368 g/mol. The van der Waals surface area contributed by atoms with E-state index < -0.39 is 17.5 Å². The van der Waals surface area contributed by atoms with Gasteiger partial charge in [-0.1, -0.05) is 51.1 Å². The number of Topliss-reactive ketones (excluding diaryl/α,β-unsaturated/α-hetero) is 1. The highest BCUT2D eigenvalue weighted by Crippen LogP contribution is 2.66. The zero-order valence-electron chi connectivity index (χ0n) is 16.4. The van der Waals surface area contributed by atoms with E-state index in [1.165, 1.54) is 0 Å². The van der Waals surface area contributed by atoms with Gasteiger partial charge in [-0.3, -0.25) is 4.79 Å². The van der Waals surface area contributed by atoms with Gasteiger partial charge < -0.3 is 10.3 Å². The number of hydrogen-bond donors (Lipinski definition) is 0. The number of rotatable bonds is 7. The first kappa shape index (κ1) is 19.5. The molecule has 3 rings (SSSR count). The molecule has 2 bridgehead atoms. The molecule has 0 aromatic heterocycles. The first-order chi connectivity index (χ1) is 12.8. The van der Waals surface area contributed by atoms with Crippen molar-refractivity contribution in [2.24, 2.45) is 16.7 Å². The highest BCUT2D eigenvalue weighted by atomic mass is 16.5. The maximum absolute atomic E-state index is 12.5. The zero-order chi connectivity index (χ0) is 19.7. The normalized spacial score (nSPS) is 27.8. The Balaban J connectivity index is 1.57. The molecular weight excluding hydrogens is 340 g/mol. The number of benzene rings is 1. The van der Waals surface area contributed by atoms with E-state index in [4.69, 9.17) is 4.74 Å². The summed E-state index contributed by atoms with van der Waals surface area (Å²) in [5, 5.41) is 0. The van der Waals surface area contributed by atoms with Crippen LogP contribution in [0.5, 0.6) is 0 Å². The van der Waals surface area contributed by atoms with Crippen LogP contribution < -0.4 is 0 Å². The molecule has 2 aliphatic carbocycles. The van der Waals surface area contributed by atoms with Gasteiger partial charge in [0.2, 0.25) is 0 Å². The lowest BCUT2D eigenvalue weighted by Crippen LogP contribution is -2.40. The van der Waals surface area contributed by atoms with Crippen LogP contribution in [0.3, 0.4) is 0 Å². The summed E-state index contributed by atoms with van der Waals surface area (Å²) >= 11 is 0. The van der Waals surface area contributed by atoms with Gasteiger partial charge in [-0.15, -0.1) is 0 Å². The SMILES string of the molecule is CC1(C)[C@H]2CC[C@@]1(C)[C@H](OC(=O)C(=[N+]=[N-])C(=O)CCCc1ccccc1)C2. The molecule has 144 valence electrons. The van der Waals surface area contributed by atoms with Crippen molar-refractivity contribution in [3.05, 3.63) is 41.4 Å². The van der Waals surface area contributed by atoms with Gasteiger partial charge in [0, 0.05) is 11.8 Å². The van der Waals surface area contributed by atoms with Crippen molar-refractivity contribution in [3.63, 3.8) is 0 Å². The van der Waals surface area contributed by atoms with Gasteiger partial charge in [-0.2, -0.15) is 4.79 Å². The van der Waals surface area contributed by atoms with Crippen molar-refractivity contribution < 1.29 is 19.1 Å². The quantitative estimate of drug-likeness (QED) is 0.240. The molecule has 3 atom stereocenters. The van der Waals surface area contributed by atoms with Crippen LogP contribution in [0, 0.1) is 16.7 Å². The molecular formula is C22H28N2O3. The van der Waals surface area contributed by atoms with E-state index in [-0.39, 0.29) is 23.4 Å². The van der Waals surface area contributed by atoms with Gasteiger partial charge in [-0.05, 0) is 49.0 Å². The fourth-order valence-electron chi connectivity index (χ4n) is 4.92. The van der Waals surface area contributed by atoms with Gasteiger partial charge in [0.15, 0.2) is 0 Å². The molecule has 27 heavy (non-hydrogen) atoms. The molecule has 0 radical (unpaired) electrons. The van der Waals surface area contributed by atoms with Crippen LogP contribution in [0.1, 0.15) is 58.4 Å². The zero-order valence-corrected chi connectivity index (χ0v) is 16.4. The Labute approximate surface area is 160 Å². The molecule has 1 aromatic carbocycles. The third kappa shape index (κ3) is 3.49. The van der Waals surface area contributed by atoms with Crippen molar-refractivity contribution >= 4 is 17.5 Å². The number of esters is 1. The van der Waals surface area contributed by atoms with E-state index in [1.807, 2.05) is 30.3 Å².